The monoisotopic (exact) mass is 315 g/mol. The summed E-state index contributed by atoms with van der Waals surface area (Å²) in [6.45, 7) is 3.81. The van der Waals surface area contributed by atoms with E-state index < -0.39 is 0 Å². The first-order chi connectivity index (χ1) is 10.8. The lowest BCUT2D eigenvalue weighted by Crippen LogP contribution is -2.61. The number of thioether (sulfide) groups is 1. The van der Waals surface area contributed by atoms with Crippen molar-refractivity contribution in [2.45, 2.75) is 24.5 Å². The summed E-state index contributed by atoms with van der Waals surface area (Å²) in [6, 6.07) is 10.4. The zero-order valence-electron chi connectivity index (χ0n) is 12.5. The molecule has 4 fully saturated rings. The molecule has 0 spiro atoms. The van der Waals surface area contributed by atoms with Gasteiger partial charge in [0.2, 0.25) is 0 Å². The van der Waals surface area contributed by atoms with Crippen LogP contribution in [0.25, 0.3) is 0 Å². The molecule has 5 aliphatic rings. The molecule has 3 unspecified atom stereocenters. The second-order valence-corrected chi connectivity index (χ2v) is 8.09. The molecule has 6 rings (SSSR count). The fraction of sp³-hybridized carbons (Fsp3) is 0.588. The molecule has 1 N–H and O–H groups in total. The van der Waals surface area contributed by atoms with Gasteiger partial charge in [0.25, 0.3) is 0 Å². The average Bonchev–Trinajstić information content (AvgIpc) is 3.00. The molecule has 3 saturated heterocycles. The highest BCUT2D eigenvalue weighted by Crippen LogP contribution is 2.45. The van der Waals surface area contributed by atoms with Gasteiger partial charge in [0, 0.05) is 25.2 Å². The van der Waals surface area contributed by atoms with Crippen molar-refractivity contribution in [3.63, 3.8) is 0 Å². The van der Waals surface area contributed by atoms with E-state index in [9.17, 15) is 0 Å². The van der Waals surface area contributed by atoms with Crippen LogP contribution in [0.5, 0.6) is 0 Å². The Hall–Kier alpha value is -1.04. The van der Waals surface area contributed by atoms with Gasteiger partial charge < -0.3 is 9.64 Å². The van der Waals surface area contributed by atoms with Gasteiger partial charge in [0.05, 0.1) is 6.10 Å². The second-order valence-electron chi connectivity index (χ2n) is 7.04. The van der Waals surface area contributed by atoms with E-state index in [1.54, 1.807) is 11.8 Å². The first-order valence-corrected chi connectivity index (χ1v) is 9.16. The molecule has 5 heteroatoms. The number of nitrogens with zero attached hydrogens (tertiary/aromatic N) is 2. The highest BCUT2D eigenvalue weighted by molar-refractivity contribution is 8.15. The summed E-state index contributed by atoms with van der Waals surface area (Å²) in [6.07, 6.45) is 3.14. The minimum atomic E-state index is -0.0206. The summed E-state index contributed by atoms with van der Waals surface area (Å²) in [4.78, 5) is 2.65. The third-order valence-electron chi connectivity index (χ3n) is 5.49. The quantitative estimate of drug-likeness (QED) is 0.929. The molecule has 4 nitrogen and oxygen atoms in total. The molecular formula is C17H21N3OS. The molecule has 22 heavy (non-hydrogen) atoms. The lowest BCUT2D eigenvalue weighted by molar-refractivity contribution is -0.148. The van der Waals surface area contributed by atoms with E-state index in [2.05, 4.69) is 39.7 Å². The maximum Gasteiger partial charge on any atom is 0.197 e. The van der Waals surface area contributed by atoms with Crippen LogP contribution in [0.15, 0.2) is 35.4 Å². The average molecular weight is 315 g/mol. The summed E-state index contributed by atoms with van der Waals surface area (Å²) in [5, 5.41) is 5.50. The van der Waals surface area contributed by atoms with Gasteiger partial charge in [-0.25, -0.2) is 0 Å². The maximum atomic E-state index is 6.45. The number of ether oxygens (including phenoxy) is 1. The van der Waals surface area contributed by atoms with Crippen molar-refractivity contribution in [2.75, 3.05) is 19.6 Å². The number of hydrogen-bond donors (Lipinski definition) is 1. The van der Waals surface area contributed by atoms with Crippen molar-refractivity contribution in [2.24, 2.45) is 22.9 Å². The van der Waals surface area contributed by atoms with Gasteiger partial charge in [0.1, 0.15) is 5.04 Å². The van der Waals surface area contributed by atoms with Gasteiger partial charge in [0.15, 0.2) is 5.56 Å². The highest BCUT2D eigenvalue weighted by Gasteiger charge is 2.49. The first-order valence-electron chi connectivity index (χ1n) is 8.28. The predicted octanol–water partition coefficient (Wildman–Crippen LogP) is 2.33. The Morgan fingerprint density at radius 1 is 1.09 bits per heavy atom. The molecule has 4 heterocycles. The molecule has 116 valence electrons. The number of rotatable bonds is 3. The molecule has 0 aromatic heterocycles. The topological polar surface area (TPSA) is 36.9 Å². The summed E-state index contributed by atoms with van der Waals surface area (Å²) in [7, 11) is 0. The maximum absolute atomic E-state index is 6.45. The van der Waals surface area contributed by atoms with Crippen LogP contribution in [-0.4, -0.2) is 41.2 Å². The fourth-order valence-corrected chi connectivity index (χ4v) is 5.64. The number of piperidine rings is 3. The molecule has 6 atom stereocenters. The number of benzene rings is 1. The van der Waals surface area contributed by atoms with Crippen LogP contribution >= 0.6 is 11.8 Å². The van der Waals surface area contributed by atoms with E-state index >= 15 is 0 Å². The van der Waals surface area contributed by atoms with Crippen LogP contribution in [-0.2, 0) is 4.74 Å². The molecule has 4 aliphatic heterocycles. The van der Waals surface area contributed by atoms with Crippen LogP contribution in [0.4, 0.5) is 0 Å². The molecule has 1 aromatic rings. The third-order valence-corrected chi connectivity index (χ3v) is 6.48. The Morgan fingerprint density at radius 2 is 1.86 bits per heavy atom. The number of hydrazone groups is 1. The Kier molecular flexibility index (Phi) is 3.20. The Labute approximate surface area is 135 Å². The fourth-order valence-electron chi connectivity index (χ4n) is 4.77. The first kappa shape index (κ1) is 13.4. The van der Waals surface area contributed by atoms with E-state index in [4.69, 9.17) is 4.74 Å². The van der Waals surface area contributed by atoms with Gasteiger partial charge >= 0.3 is 0 Å². The lowest BCUT2D eigenvalue weighted by atomic mass is 9.66. The summed E-state index contributed by atoms with van der Waals surface area (Å²) in [5.74, 6) is 2.39. The summed E-state index contributed by atoms with van der Waals surface area (Å²) in [5.41, 5.74) is 4.33. The number of hydrogen-bond acceptors (Lipinski definition) is 5. The molecule has 1 aliphatic carbocycles. The minimum absolute atomic E-state index is 0.0206. The van der Waals surface area contributed by atoms with Crippen LogP contribution < -0.4 is 5.43 Å². The van der Waals surface area contributed by atoms with Gasteiger partial charge in [-0.3, -0.25) is 5.43 Å². The summed E-state index contributed by atoms with van der Waals surface area (Å²) < 4.78 is 6.45. The van der Waals surface area contributed by atoms with E-state index in [1.807, 2.05) is 6.07 Å². The zero-order valence-corrected chi connectivity index (χ0v) is 13.3. The van der Waals surface area contributed by atoms with Crippen molar-refractivity contribution in [1.82, 2.24) is 10.3 Å². The standard InChI is InChI=1S/C17H21N3OS/c1-2-4-12(5-3-1)16-18-19-17(22-16)21-15-13-6-11-7-14(15)10-20(8-11)9-13/h1-5,11,13-15,17,19H,6-10H2/t11?,13-,14?,15-,17?/m0/s1. The zero-order chi connectivity index (χ0) is 14.5. The lowest BCUT2D eigenvalue weighted by Gasteiger charge is -2.55. The Morgan fingerprint density at radius 3 is 2.59 bits per heavy atom. The van der Waals surface area contributed by atoms with Crippen LogP contribution in [0, 0.1) is 17.8 Å². The molecular weight excluding hydrogens is 294 g/mol. The second kappa shape index (κ2) is 5.25. The van der Waals surface area contributed by atoms with E-state index in [0.717, 1.165) is 22.8 Å². The van der Waals surface area contributed by atoms with E-state index in [-0.39, 0.29) is 5.56 Å². The van der Waals surface area contributed by atoms with Crippen molar-refractivity contribution < 1.29 is 4.74 Å². The van der Waals surface area contributed by atoms with Crippen molar-refractivity contribution in [1.29, 1.82) is 0 Å². The number of nitrogens with one attached hydrogen (secondary N) is 1. The SMILES string of the molecule is c1ccc(C2=NNC(O[C@@H]3C4CC5C[C@H]3C[N@](C5)C4)S2)cc1. The van der Waals surface area contributed by atoms with Crippen LogP contribution in [0.2, 0.25) is 0 Å². The van der Waals surface area contributed by atoms with Crippen molar-refractivity contribution >= 4 is 16.8 Å². The Balaban J connectivity index is 1.25. The molecule has 4 bridgehead atoms. The molecule has 0 amide bonds. The normalized spacial score (nSPS) is 42.3. The van der Waals surface area contributed by atoms with Gasteiger partial charge in [-0.05, 0) is 42.4 Å². The summed E-state index contributed by atoms with van der Waals surface area (Å²) >= 11 is 1.71. The van der Waals surface area contributed by atoms with E-state index in [1.165, 1.54) is 38.0 Å². The smallest absolute Gasteiger partial charge is 0.197 e. The van der Waals surface area contributed by atoms with Crippen molar-refractivity contribution in [3.05, 3.63) is 35.9 Å². The van der Waals surface area contributed by atoms with Crippen molar-refractivity contribution in [3.8, 4) is 0 Å². The van der Waals surface area contributed by atoms with Gasteiger partial charge in [-0.2, -0.15) is 5.10 Å². The van der Waals surface area contributed by atoms with Crippen LogP contribution in [0.1, 0.15) is 18.4 Å². The largest absolute Gasteiger partial charge is 0.343 e. The molecule has 1 aromatic carbocycles. The Bertz CT molecular complexity index is 563. The van der Waals surface area contributed by atoms with E-state index in [0.29, 0.717) is 6.10 Å². The predicted molar refractivity (Wildman–Crippen MR) is 88.5 cm³/mol. The molecule has 0 radical (unpaired) electrons. The van der Waals surface area contributed by atoms with Crippen LogP contribution in [0.3, 0.4) is 0 Å². The van der Waals surface area contributed by atoms with Gasteiger partial charge in [-0.1, -0.05) is 30.3 Å². The highest BCUT2D eigenvalue weighted by atomic mass is 32.2. The minimum Gasteiger partial charge on any atom is -0.343 e. The van der Waals surface area contributed by atoms with Gasteiger partial charge in [-0.15, -0.1) is 0 Å². The molecule has 1 saturated carbocycles. The third kappa shape index (κ3) is 2.27.